The lowest BCUT2D eigenvalue weighted by atomic mass is 10.0. The molecule has 1 rings (SSSR count). The molecule has 1 aromatic rings. The van der Waals surface area contributed by atoms with Crippen molar-refractivity contribution >= 4 is 17.4 Å². The number of benzene rings is 1. The predicted octanol–water partition coefficient (Wildman–Crippen LogP) is 2.76. The van der Waals surface area contributed by atoms with Gasteiger partial charge in [-0.2, -0.15) is 0 Å². The van der Waals surface area contributed by atoms with Gasteiger partial charge in [-0.15, -0.1) is 0 Å². The van der Waals surface area contributed by atoms with Gasteiger partial charge in [-0.05, 0) is 36.6 Å². The number of rotatable bonds is 5. The normalized spacial score (nSPS) is 10.4. The summed E-state index contributed by atoms with van der Waals surface area (Å²) in [4.78, 5) is 24.4. The lowest BCUT2D eigenvalue weighted by Crippen LogP contribution is -2.27. The highest BCUT2D eigenvalue weighted by atomic mass is 16.5. The van der Waals surface area contributed by atoms with Crippen molar-refractivity contribution in [3.63, 3.8) is 0 Å². The van der Waals surface area contributed by atoms with Gasteiger partial charge in [0.05, 0.1) is 13.5 Å². The molecule has 4 nitrogen and oxygen atoms in total. The Hall–Kier alpha value is -1.84. The molecule has 0 N–H and O–H groups in total. The van der Waals surface area contributed by atoms with E-state index >= 15 is 0 Å². The quantitative estimate of drug-likeness (QED) is 0.767. The Morgan fingerprint density at radius 1 is 1.32 bits per heavy atom. The first-order chi connectivity index (χ1) is 8.86. The summed E-state index contributed by atoms with van der Waals surface area (Å²) in [5.74, 6) is 0.777. The van der Waals surface area contributed by atoms with E-state index in [9.17, 15) is 9.59 Å². The van der Waals surface area contributed by atoms with E-state index < -0.39 is 0 Å². The van der Waals surface area contributed by atoms with Gasteiger partial charge in [-0.25, -0.2) is 0 Å². The number of ketones is 1. The maximum atomic E-state index is 11.9. The fourth-order valence-electron chi connectivity index (χ4n) is 1.86. The van der Waals surface area contributed by atoms with E-state index in [1.54, 1.807) is 14.2 Å². The summed E-state index contributed by atoms with van der Waals surface area (Å²) in [5, 5.41) is 0. The summed E-state index contributed by atoms with van der Waals surface area (Å²) in [6, 6.07) is 5.60. The minimum absolute atomic E-state index is 0.0699. The molecule has 1 aromatic carbocycles. The largest absolute Gasteiger partial charge is 0.496 e. The Balaban J connectivity index is 3.04. The second-order valence-electron chi connectivity index (χ2n) is 4.91. The van der Waals surface area contributed by atoms with Crippen LogP contribution in [0.25, 0.3) is 0 Å². The Bertz CT molecular complexity index is 480. The van der Waals surface area contributed by atoms with Crippen molar-refractivity contribution in [1.82, 2.24) is 0 Å². The number of ether oxygens (including phenoxy) is 1. The summed E-state index contributed by atoms with van der Waals surface area (Å²) < 4.78 is 5.31. The van der Waals surface area contributed by atoms with E-state index in [0.717, 1.165) is 17.0 Å². The van der Waals surface area contributed by atoms with Crippen molar-refractivity contribution in [2.45, 2.75) is 33.1 Å². The number of anilines is 1. The molecule has 1 amide bonds. The number of carbonyl (C=O) groups is 2. The molecular weight excluding hydrogens is 242 g/mol. The molecule has 0 spiro atoms. The molecule has 4 heteroatoms. The van der Waals surface area contributed by atoms with Gasteiger partial charge in [0.15, 0.2) is 0 Å². The smallest absolute Gasteiger partial charge is 0.234 e. The number of nitrogens with zero attached hydrogens (tertiary/aromatic N) is 1. The highest BCUT2D eigenvalue weighted by Crippen LogP contribution is 2.30. The Kier molecular flexibility index (Phi) is 5.10. The first-order valence-corrected chi connectivity index (χ1v) is 6.30. The van der Waals surface area contributed by atoms with Crippen molar-refractivity contribution in [3.05, 3.63) is 23.8 Å². The highest BCUT2D eigenvalue weighted by Gasteiger charge is 2.15. The van der Waals surface area contributed by atoms with Crippen LogP contribution in [-0.2, 0) is 9.59 Å². The second kappa shape index (κ2) is 6.36. The minimum Gasteiger partial charge on any atom is -0.496 e. The topological polar surface area (TPSA) is 46.6 Å². The highest BCUT2D eigenvalue weighted by molar-refractivity contribution is 6.04. The van der Waals surface area contributed by atoms with Gasteiger partial charge in [-0.3, -0.25) is 9.59 Å². The summed E-state index contributed by atoms with van der Waals surface area (Å²) >= 11 is 0. The van der Waals surface area contributed by atoms with E-state index in [1.807, 2.05) is 18.2 Å². The lowest BCUT2D eigenvalue weighted by molar-refractivity contribution is -0.125. The van der Waals surface area contributed by atoms with Crippen LogP contribution in [0.2, 0.25) is 0 Å². The van der Waals surface area contributed by atoms with E-state index in [4.69, 9.17) is 4.74 Å². The zero-order chi connectivity index (χ0) is 14.6. The molecule has 0 aliphatic carbocycles. The molecule has 0 unspecified atom stereocenters. The number of hydrogen-bond acceptors (Lipinski definition) is 3. The zero-order valence-electron chi connectivity index (χ0n) is 12.2. The molecule has 104 valence electrons. The van der Waals surface area contributed by atoms with Crippen molar-refractivity contribution in [2.75, 3.05) is 19.1 Å². The summed E-state index contributed by atoms with van der Waals surface area (Å²) in [6.45, 7) is 5.55. The van der Waals surface area contributed by atoms with Crippen LogP contribution in [-0.4, -0.2) is 25.8 Å². The number of carbonyl (C=O) groups excluding carboxylic acids is 2. The molecule has 0 aliphatic heterocycles. The maximum Gasteiger partial charge on any atom is 0.234 e. The van der Waals surface area contributed by atoms with E-state index in [0.29, 0.717) is 5.92 Å². The van der Waals surface area contributed by atoms with Gasteiger partial charge in [-0.1, -0.05) is 13.8 Å². The molecule has 0 heterocycles. The first kappa shape index (κ1) is 15.2. The van der Waals surface area contributed by atoms with Crippen LogP contribution in [0.5, 0.6) is 5.75 Å². The number of hydrogen-bond donors (Lipinski definition) is 0. The Morgan fingerprint density at radius 2 is 1.95 bits per heavy atom. The molecule has 0 aliphatic rings. The second-order valence-corrected chi connectivity index (χ2v) is 4.91. The summed E-state index contributed by atoms with van der Waals surface area (Å²) in [6.07, 6.45) is -0.0699. The van der Waals surface area contributed by atoms with Crippen molar-refractivity contribution in [2.24, 2.45) is 0 Å². The fraction of sp³-hybridized carbons (Fsp3) is 0.467. The Morgan fingerprint density at radius 3 is 2.42 bits per heavy atom. The van der Waals surface area contributed by atoms with Crippen molar-refractivity contribution < 1.29 is 14.3 Å². The van der Waals surface area contributed by atoms with E-state index in [1.165, 1.54) is 11.8 Å². The summed E-state index contributed by atoms with van der Waals surface area (Å²) in [5.41, 5.74) is 1.82. The average molecular weight is 263 g/mol. The molecule has 0 fully saturated rings. The molecule has 0 radical (unpaired) electrons. The third kappa shape index (κ3) is 3.81. The van der Waals surface area contributed by atoms with Gasteiger partial charge >= 0.3 is 0 Å². The lowest BCUT2D eigenvalue weighted by Gasteiger charge is -2.20. The number of methoxy groups -OCH3 is 1. The van der Waals surface area contributed by atoms with Crippen LogP contribution in [0.4, 0.5) is 5.69 Å². The molecular formula is C15H21NO3. The van der Waals surface area contributed by atoms with Gasteiger partial charge in [0, 0.05) is 12.7 Å². The van der Waals surface area contributed by atoms with Gasteiger partial charge in [0.1, 0.15) is 11.5 Å². The van der Waals surface area contributed by atoms with Crippen molar-refractivity contribution in [3.8, 4) is 5.75 Å². The average Bonchev–Trinajstić information content (AvgIpc) is 2.36. The standard InChI is InChI=1S/C15H21NO3/c1-10(2)13-9-12(6-7-14(13)19-5)16(4)15(18)8-11(3)17/h6-7,9-10H,8H2,1-5H3. The van der Waals surface area contributed by atoms with Crippen LogP contribution >= 0.6 is 0 Å². The number of Topliss-reactive ketones (excluding diaryl/α,β-unsaturated/α-hetero) is 1. The fourth-order valence-corrected chi connectivity index (χ4v) is 1.86. The third-order valence-corrected chi connectivity index (χ3v) is 3.00. The molecule has 0 saturated heterocycles. The third-order valence-electron chi connectivity index (χ3n) is 3.00. The van der Waals surface area contributed by atoms with Crippen LogP contribution in [0.15, 0.2) is 18.2 Å². The van der Waals surface area contributed by atoms with Gasteiger partial charge in [0.25, 0.3) is 0 Å². The number of amides is 1. The van der Waals surface area contributed by atoms with Crippen LogP contribution in [0, 0.1) is 0 Å². The van der Waals surface area contributed by atoms with Gasteiger partial charge < -0.3 is 9.64 Å². The summed E-state index contributed by atoms with van der Waals surface area (Å²) in [7, 11) is 3.31. The molecule has 0 aromatic heterocycles. The van der Waals surface area contributed by atoms with Crippen LogP contribution < -0.4 is 9.64 Å². The molecule has 0 atom stereocenters. The van der Waals surface area contributed by atoms with Crippen LogP contribution in [0.3, 0.4) is 0 Å². The van der Waals surface area contributed by atoms with Crippen LogP contribution in [0.1, 0.15) is 38.7 Å². The van der Waals surface area contributed by atoms with E-state index in [2.05, 4.69) is 13.8 Å². The predicted molar refractivity (Wildman–Crippen MR) is 75.8 cm³/mol. The molecule has 0 bridgehead atoms. The Labute approximate surface area is 114 Å². The molecule has 0 saturated carbocycles. The van der Waals surface area contributed by atoms with Crippen molar-refractivity contribution in [1.29, 1.82) is 0 Å². The van der Waals surface area contributed by atoms with Gasteiger partial charge in [0.2, 0.25) is 5.91 Å². The zero-order valence-corrected chi connectivity index (χ0v) is 12.2. The maximum absolute atomic E-state index is 11.9. The SMILES string of the molecule is COc1ccc(N(C)C(=O)CC(C)=O)cc1C(C)C. The monoisotopic (exact) mass is 263 g/mol. The van der Waals surface area contributed by atoms with E-state index in [-0.39, 0.29) is 18.1 Å². The molecule has 19 heavy (non-hydrogen) atoms. The first-order valence-electron chi connectivity index (χ1n) is 6.30. The minimum atomic E-state index is -0.202.